The monoisotopic (exact) mass is 213 g/mol. The largest absolute Gasteiger partial charge is 0.460 e. The average Bonchev–Trinajstić information content (AvgIpc) is 2.50. The molecule has 1 fully saturated rings. The lowest BCUT2D eigenvalue weighted by Gasteiger charge is -2.20. The predicted molar refractivity (Wildman–Crippen MR) is 56.3 cm³/mol. The first-order valence-electron chi connectivity index (χ1n) is 5.38. The molecule has 0 aliphatic carbocycles. The van der Waals surface area contributed by atoms with Crippen molar-refractivity contribution >= 4 is 11.9 Å². The molecule has 1 heterocycles. The summed E-state index contributed by atoms with van der Waals surface area (Å²) in [6, 6.07) is 0. The lowest BCUT2D eigenvalue weighted by atomic mass is 10.2. The molecule has 1 saturated heterocycles. The quantitative estimate of drug-likeness (QED) is 0.513. The van der Waals surface area contributed by atoms with E-state index in [0.717, 1.165) is 25.9 Å². The van der Waals surface area contributed by atoms with Gasteiger partial charge < -0.3 is 9.64 Å². The molecule has 0 spiro atoms. The molecule has 86 valence electrons. The molecule has 0 N–H and O–H groups in total. The molecule has 1 amide bonds. The van der Waals surface area contributed by atoms with Crippen LogP contribution in [0, 0.1) is 0 Å². The Balaban J connectivity index is 2.34. The van der Waals surface area contributed by atoms with Gasteiger partial charge in [-0.1, -0.05) is 0 Å². The SMILES string of the molecule is CC(C)(C)OC(=O)CC(=O)N1CCCC1. The summed E-state index contributed by atoms with van der Waals surface area (Å²) in [7, 11) is 0. The molecule has 0 aromatic heterocycles. The van der Waals surface area contributed by atoms with Crippen LogP contribution in [-0.4, -0.2) is 35.5 Å². The number of hydrogen-bond donors (Lipinski definition) is 0. The summed E-state index contributed by atoms with van der Waals surface area (Å²) in [5.74, 6) is -0.541. The van der Waals surface area contributed by atoms with Crippen molar-refractivity contribution in [2.45, 2.75) is 45.6 Å². The van der Waals surface area contributed by atoms with E-state index in [-0.39, 0.29) is 12.3 Å². The summed E-state index contributed by atoms with van der Waals surface area (Å²) >= 11 is 0. The Labute approximate surface area is 90.6 Å². The Morgan fingerprint density at radius 3 is 2.20 bits per heavy atom. The van der Waals surface area contributed by atoms with E-state index in [1.165, 1.54) is 0 Å². The summed E-state index contributed by atoms with van der Waals surface area (Å²) in [4.78, 5) is 24.6. The van der Waals surface area contributed by atoms with Crippen molar-refractivity contribution in [3.05, 3.63) is 0 Å². The highest BCUT2D eigenvalue weighted by molar-refractivity contribution is 5.94. The number of esters is 1. The van der Waals surface area contributed by atoms with Crippen LogP contribution in [0.5, 0.6) is 0 Å². The molecule has 0 aromatic carbocycles. The average molecular weight is 213 g/mol. The van der Waals surface area contributed by atoms with Gasteiger partial charge in [0.25, 0.3) is 0 Å². The zero-order valence-electron chi connectivity index (χ0n) is 9.71. The van der Waals surface area contributed by atoms with Crippen LogP contribution in [0.1, 0.15) is 40.0 Å². The smallest absolute Gasteiger partial charge is 0.315 e. The Bertz CT molecular complexity index is 249. The third kappa shape index (κ3) is 4.32. The maximum atomic E-state index is 11.6. The Morgan fingerprint density at radius 1 is 1.20 bits per heavy atom. The van der Waals surface area contributed by atoms with Gasteiger partial charge in [-0.25, -0.2) is 0 Å². The van der Waals surface area contributed by atoms with Crippen LogP contribution in [0.3, 0.4) is 0 Å². The van der Waals surface area contributed by atoms with Crippen LogP contribution in [0.25, 0.3) is 0 Å². The molecule has 0 aromatic rings. The number of likely N-dealkylation sites (tertiary alicyclic amines) is 1. The first kappa shape index (κ1) is 12.0. The molecule has 0 bridgehead atoms. The number of rotatable bonds is 2. The van der Waals surface area contributed by atoms with Gasteiger partial charge in [-0.2, -0.15) is 0 Å². The number of ether oxygens (including phenoxy) is 1. The van der Waals surface area contributed by atoms with E-state index >= 15 is 0 Å². The molecular formula is C11H19NO3. The molecule has 1 aliphatic heterocycles. The van der Waals surface area contributed by atoms with E-state index in [1.54, 1.807) is 25.7 Å². The fraction of sp³-hybridized carbons (Fsp3) is 0.818. The molecule has 4 nitrogen and oxygen atoms in total. The molecule has 1 aliphatic rings. The number of carbonyl (C=O) groups excluding carboxylic acids is 2. The first-order chi connectivity index (χ1) is 6.88. The van der Waals surface area contributed by atoms with Gasteiger partial charge in [0.2, 0.25) is 5.91 Å². The molecule has 0 radical (unpaired) electrons. The van der Waals surface area contributed by atoms with Gasteiger partial charge >= 0.3 is 5.97 Å². The van der Waals surface area contributed by atoms with Gasteiger partial charge in [-0.3, -0.25) is 9.59 Å². The molecule has 0 unspecified atom stereocenters. The fourth-order valence-electron chi connectivity index (χ4n) is 1.58. The molecule has 4 heteroatoms. The third-order valence-electron chi connectivity index (χ3n) is 2.17. The van der Waals surface area contributed by atoms with Crippen LogP contribution in [0.4, 0.5) is 0 Å². The third-order valence-corrected chi connectivity index (χ3v) is 2.17. The number of nitrogens with zero attached hydrogens (tertiary/aromatic N) is 1. The van der Waals surface area contributed by atoms with Crippen LogP contribution < -0.4 is 0 Å². The van der Waals surface area contributed by atoms with E-state index in [0.29, 0.717) is 0 Å². The van der Waals surface area contributed by atoms with Gasteiger partial charge in [-0.15, -0.1) is 0 Å². The van der Waals surface area contributed by atoms with Crippen molar-refractivity contribution in [3.8, 4) is 0 Å². The van der Waals surface area contributed by atoms with E-state index in [1.807, 2.05) is 0 Å². The van der Waals surface area contributed by atoms with Crippen molar-refractivity contribution in [1.29, 1.82) is 0 Å². The molecule has 1 rings (SSSR count). The fourth-order valence-corrected chi connectivity index (χ4v) is 1.58. The summed E-state index contributed by atoms with van der Waals surface area (Å²) in [6.45, 7) is 6.95. The Morgan fingerprint density at radius 2 is 1.73 bits per heavy atom. The molecule has 0 saturated carbocycles. The van der Waals surface area contributed by atoms with Crippen LogP contribution in [0.2, 0.25) is 0 Å². The second kappa shape index (κ2) is 4.64. The first-order valence-corrected chi connectivity index (χ1v) is 5.38. The van der Waals surface area contributed by atoms with Gasteiger partial charge in [-0.05, 0) is 33.6 Å². The van der Waals surface area contributed by atoms with E-state index in [9.17, 15) is 9.59 Å². The summed E-state index contributed by atoms with van der Waals surface area (Å²) in [5, 5.41) is 0. The minimum absolute atomic E-state index is 0.109. The van der Waals surface area contributed by atoms with Gasteiger partial charge in [0, 0.05) is 13.1 Å². The van der Waals surface area contributed by atoms with Gasteiger partial charge in [0.05, 0.1) is 0 Å². The zero-order valence-corrected chi connectivity index (χ0v) is 9.71. The minimum Gasteiger partial charge on any atom is -0.460 e. The van der Waals surface area contributed by atoms with Crippen molar-refractivity contribution in [2.24, 2.45) is 0 Å². The summed E-state index contributed by atoms with van der Waals surface area (Å²) in [6.07, 6.45) is 1.96. The van der Waals surface area contributed by atoms with Crippen molar-refractivity contribution in [2.75, 3.05) is 13.1 Å². The maximum Gasteiger partial charge on any atom is 0.315 e. The van der Waals surface area contributed by atoms with E-state index in [2.05, 4.69) is 0 Å². The van der Waals surface area contributed by atoms with Crippen LogP contribution in [-0.2, 0) is 14.3 Å². The Kier molecular flexibility index (Phi) is 3.72. The highest BCUT2D eigenvalue weighted by Gasteiger charge is 2.23. The second-order valence-corrected chi connectivity index (χ2v) is 4.85. The maximum absolute atomic E-state index is 11.6. The molecule has 0 atom stereocenters. The van der Waals surface area contributed by atoms with Crippen LogP contribution >= 0.6 is 0 Å². The van der Waals surface area contributed by atoms with Crippen molar-refractivity contribution in [3.63, 3.8) is 0 Å². The summed E-state index contributed by atoms with van der Waals surface area (Å²) in [5.41, 5.74) is -0.512. The van der Waals surface area contributed by atoms with E-state index in [4.69, 9.17) is 4.74 Å². The van der Waals surface area contributed by atoms with Gasteiger partial charge in [0.1, 0.15) is 12.0 Å². The lowest BCUT2D eigenvalue weighted by molar-refractivity contribution is -0.157. The number of amides is 1. The summed E-state index contributed by atoms with van der Waals surface area (Å²) < 4.78 is 5.08. The normalized spacial score (nSPS) is 16.6. The lowest BCUT2D eigenvalue weighted by Crippen LogP contribution is -2.32. The second-order valence-electron chi connectivity index (χ2n) is 4.85. The topological polar surface area (TPSA) is 46.6 Å². The van der Waals surface area contributed by atoms with Crippen molar-refractivity contribution in [1.82, 2.24) is 4.90 Å². The highest BCUT2D eigenvalue weighted by Crippen LogP contribution is 2.12. The van der Waals surface area contributed by atoms with Crippen molar-refractivity contribution < 1.29 is 14.3 Å². The highest BCUT2D eigenvalue weighted by atomic mass is 16.6. The molecular weight excluding hydrogens is 194 g/mol. The van der Waals surface area contributed by atoms with E-state index < -0.39 is 11.6 Å². The standard InChI is InChI=1S/C11H19NO3/c1-11(2,3)15-10(14)8-9(13)12-6-4-5-7-12/h4-8H2,1-3H3. The minimum atomic E-state index is -0.512. The van der Waals surface area contributed by atoms with Crippen LogP contribution in [0.15, 0.2) is 0 Å². The molecule has 15 heavy (non-hydrogen) atoms. The van der Waals surface area contributed by atoms with Gasteiger partial charge in [0.15, 0.2) is 0 Å². The number of carbonyl (C=O) groups is 2. The number of hydrogen-bond acceptors (Lipinski definition) is 3. The zero-order chi connectivity index (χ0) is 11.5. The Hall–Kier alpha value is -1.06. The predicted octanol–water partition coefficient (Wildman–Crippen LogP) is 1.34.